The molecular formula is C16H27NO3. The first-order valence-corrected chi connectivity index (χ1v) is 8.21. The highest BCUT2D eigenvalue weighted by atomic mass is 16.4. The first-order chi connectivity index (χ1) is 9.68. The van der Waals surface area contributed by atoms with Gasteiger partial charge in [0.15, 0.2) is 0 Å². The van der Waals surface area contributed by atoms with Gasteiger partial charge in [-0.3, -0.25) is 9.59 Å². The summed E-state index contributed by atoms with van der Waals surface area (Å²) in [7, 11) is 0. The van der Waals surface area contributed by atoms with Gasteiger partial charge >= 0.3 is 5.97 Å². The van der Waals surface area contributed by atoms with Gasteiger partial charge in [-0.2, -0.15) is 0 Å². The van der Waals surface area contributed by atoms with E-state index in [0.29, 0.717) is 6.42 Å². The van der Waals surface area contributed by atoms with Crippen LogP contribution in [0.5, 0.6) is 0 Å². The van der Waals surface area contributed by atoms with Crippen LogP contribution in [0, 0.1) is 11.8 Å². The Balaban J connectivity index is 1.89. The Morgan fingerprint density at radius 1 is 0.750 bits per heavy atom. The predicted molar refractivity (Wildman–Crippen MR) is 77.3 cm³/mol. The molecule has 2 aliphatic rings. The summed E-state index contributed by atoms with van der Waals surface area (Å²) >= 11 is 0. The molecule has 0 heterocycles. The minimum Gasteiger partial charge on any atom is -0.481 e. The van der Waals surface area contributed by atoms with E-state index in [1.165, 1.54) is 32.1 Å². The van der Waals surface area contributed by atoms with Gasteiger partial charge in [0.05, 0.1) is 11.8 Å². The lowest BCUT2D eigenvalue weighted by atomic mass is 9.78. The quantitative estimate of drug-likeness (QED) is 0.835. The molecule has 2 rings (SSSR count). The van der Waals surface area contributed by atoms with Gasteiger partial charge < -0.3 is 10.4 Å². The average Bonchev–Trinajstić information content (AvgIpc) is 2.41. The van der Waals surface area contributed by atoms with Crippen LogP contribution in [0.3, 0.4) is 0 Å². The predicted octanol–water partition coefficient (Wildman–Crippen LogP) is 3.11. The van der Waals surface area contributed by atoms with Crippen molar-refractivity contribution in [2.45, 2.75) is 76.7 Å². The topological polar surface area (TPSA) is 66.4 Å². The van der Waals surface area contributed by atoms with Gasteiger partial charge in [0, 0.05) is 6.04 Å². The van der Waals surface area contributed by atoms with Crippen molar-refractivity contribution in [1.29, 1.82) is 0 Å². The number of amides is 1. The number of carbonyl (C=O) groups is 2. The van der Waals surface area contributed by atoms with Crippen LogP contribution in [0.2, 0.25) is 0 Å². The zero-order valence-electron chi connectivity index (χ0n) is 12.3. The van der Waals surface area contributed by atoms with Crippen molar-refractivity contribution in [1.82, 2.24) is 5.32 Å². The summed E-state index contributed by atoms with van der Waals surface area (Å²) in [6, 6.07) is 0.263. The zero-order chi connectivity index (χ0) is 14.4. The molecule has 2 fully saturated rings. The lowest BCUT2D eigenvalue weighted by Gasteiger charge is -2.30. The number of carbonyl (C=O) groups excluding carboxylic acids is 1. The van der Waals surface area contributed by atoms with Gasteiger partial charge in [-0.25, -0.2) is 0 Å². The van der Waals surface area contributed by atoms with Crippen LogP contribution in [0.1, 0.15) is 70.6 Å². The maximum atomic E-state index is 12.4. The Bertz CT molecular complexity index is 335. The monoisotopic (exact) mass is 281 g/mol. The standard InChI is InChI=1S/C16H27NO3/c18-15(13-10-6-7-11-14(13)16(19)20)17-12-8-4-2-1-3-5-9-12/h12-14H,1-11H2,(H,17,18)(H,19,20)/t13-,14-/m0/s1. The summed E-state index contributed by atoms with van der Waals surface area (Å²) in [4.78, 5) is 23.7. The molecule has 0 aromatic rings. The van der Waals surface area contributed by atoms with E-state index in [1.54, 1.807) is 0 Å². The molecule has 2 saturated carbocycles. The fourth-order valence-corrected chi connectivity index (χ4v) is 3.65. The van der Waals surface area contributed by atoms with E-state index in [2.05, 4.69) is 5.32 Å². The third-order valence-electron chi connectivity index (χ3n) is 4.87. The minimum atomic E-state index is -0.803. The normalized spacial score (nSPS) is 29.2. The molecule has 2 aliphatic carbocycles. The van der Waals surface area contributed by atoms with Crippen molar-refractivity contribution in [3.05, 3.63) is 0 Å². The molecule has 0 unspecified atom stereocenters. The Morgan fingerprint density at radius 2 is 1.25 bits per heavy atom. The largest absolute Gasteiger partial charge is 0.481 e. The highest BCUT2D eigenvalue weighted by Crippen LogP contribution is 2.31. The van der Waals surface area contributed by atoms with Gasteiger partial charge in [-0.1, -0.05) is 44.9 Å². The Labute approximate surface area is 121 Å². The van der Waals surface area contributed by atoms with Crippen LogP contribution in [0.15, 0.2) is 0 Å². The van der Waals surface area contributed by atoms with Crippen LogP contribution >= 0.6 is 0 Å². The number of hydrogen-bond acceptors (Lipinski definition) is 2. The van der Waals surface area contributed by atoms with Gasteiger partial charge in [0.1, 0.15) is 0 Å². The number of hydrogen-bond donors (Lipinski definition) is 2. The van der Waals surface area contributed by atoms with Crippen molar-refractivity contribution in [2.24, 2.45) is 11.8 Å². The van der Waals surface area contributed by atoms with Crippen LogP contribution in [0.4, 0.5) is 0 Å². The summed E-state index contributed by atoms with van der Waals surface area (Å²) < 4.78 is 0. The molecule has 1 amide bonds. The fraction of sp³-hybridized carbons (Fsp3) is 0.875. The fourth-order valence-electron chi connectivity index (χ4n) is 3.65. The number of carboxylic acids is 1. The van der Waals surface area contributed by atoms with Crippen molar-refractivity contribution in [3.63, 3.8) is 0 Å². The first-order valence-electron chi connectivity index (χ1n) is 8.21. The highest BCUT2D eigenvalue weighted by molar-refractivity contribution is 5.85. The Kier molecular flexibility index (Phi) is 5.86. The van der Waals surface area contributed by atoms with Crippen molar-refractivity contribution in [3.8, 4) is 0 Å². The number of nitrogens with one attached hydrogen (secondary N) is 1. The smallest absolute Gasteiger partial charge is 0.307 e. The SMILES string of the molecule is O=C(O)[C@H]1CCCC[C@@H]1C(=O)NC1CCCCCCC1. The van der Waals surface area contributed by atoms with E-state index in [9.17, 15) is 14.7 Å². The molecule has 0 saturated heterocycles. The molecule has 0 bridgehead atoms. The maximum absolute atomic E-state index is 12.4. The second-order valence-electron chi connectivity index (χ2n) is 6.39. The molecular weight excluding hydrogens is 254 g/mol. The summed E-state index contributed by atoms with van der Waals surface area (Å²) in [6.07, 6.45) is 11.6. The summed E-state index contributed by atoms with van der Waals surface area (Å²) in [5.74, 6) is -1.60. The molecule has 4 heteroatoms. The third-order valence-corrected chi connectivity index (χ3v) is 4.87. The number of carboxylic acid groups (broad SMARTS) is 1. The van der Waals surface area contributed by atoms with E-state index >= 15 is 0 Å². The summed E-state index contributed by atoms with van der Waals surface area (Å²) in [5, 5.41) is 12.4. The van der Waals surface area contributed by atoms with Crippen molar-refractivity contribution >= 4 is 11.9 Å². The van der Waals surface area contributed by atoms with Crippen molar-refractivity contribution in [2.75, 3.05) is 0 Å². The summed E-state index contributed by atoms with van der Waals surface area (Å²) in [5.41, 5.74) is 0. The van der Waals surface area contributed by atoms with Crippen molar-refractivity contribution < 1.29 is 14.7 Å². The molecule has 114 valence electrons. The van der Waals surface area contributed by atoms with E-state index in [-0.39, 0.29) is 17.9 Å². The average molecular weight is 281 g/mol. The minimum absolute atomic E-state index is 0.0114. The van der Waals surface area contributed by atoms with E-state index < -0.39 is 11.9 Å². The van der Waals surface area contributed by atoms with E-state index in [4.69, 9.17) is 0 Å². The molecule has 0 aliphatic heterocycles. The van der Waals surface area contributed by atoms with Crippen LogP contribution in [0.25, 0.3) is 0 Å². The Hall–Kier alpha value is -1.06. The third kappa shape index (κ3) is 4.22. The molecule has 0 spiro atoms. The molecule has 2 N–H and O–H groups in total. The first kappa shape index (κ1) is 15.3. The molecule has 4 nitrogen and oxygen atoms in total. The van der Waals surface area contributed by atoms with Crippen LogP contribution < -0.4 is 5.32 Å². The molecule has 0 aromatic carbocycles. The van der Waals surface area contributed by atoms with Gasteiger partial charge in [-0.05, 0) is 25.7 Å². The van der Waals surface area contributed by atoms with Gasteiger partial charge in [0.2, 0.25) is 5.91 Å². The molecule has 2 atom stereocenters. The number of aliphatic carboxylic acids is 1. The number of rotatable bonds is 3. The second-order valence-corrected chi connectivity index (χ2v) is 6.39. The van der Waals surface area contributed by atoms with E-state index in [1.807, 2.05) is 0 Å². The lowest BCUT2D eigenvalue weighted by molar-refractivity contribution is -0.149. The van der Waals surface area contributed by atoms with Gasteiger partial charge in [0.25, 0.3) is 0 Å². The maximum Gasteiger partial charge on any atom is 0.307 e. The molecule has 0 radical (unpaired) electrons. The van der Waals surface area contributed by atoms with Crippen LogP contribution in [-0.2, 0) is 9.59 Å². The molecule has 20 heavy (non-hydrogen) atoms. The summed E-state index contributed by atoms with van der Waals surface area (Å²) in [6.45, 7) is 0. The lowest BCUT2D eigenvalue weighted by Crippen LogP contribution is -2.44. The van der Waals surface area contributed by atoms with Crippen LogP contribution in [-0.4, -0.2) is 23.0 Å². The molecule has 0 aromatic heterocycles. The van der Waals surface area contributed by atoms with E-state index in [0.717, 1.165) is 32.1 Å². The Morgan fingerprint density at radius 3 is 1.85 bits per heavy atom. The zero-order valence-corrected chi connectivity index (χ0v) is 12.3. The van der Waals surface area contributed by atoms with Gasteiger partial charge in [-0.15, -0.1) is 0 Å². The highest BCUT2D eigenvalue weighted by Gasteiger charge is 2.36. The second kappa shape index (κ2) is 7.65.